The third-order valence-electron chi connectivity index (χ3n) is 4.01. The molecule has 1 aromatic carbocycles. The van der Waals surface area contributed by atoms with Crippen molar-refractivity contribution in [2.45, 2.75) is 32.7 Å². The van der Waals surface area contributed by atoms with Crippen LogP contribution in [0.1, 0.15) is 47.4 Å². The number of carbonyl (C=O) groups is 3. The molecule has 1 aliphatic rings. The maximum Gasteiger partial charge on any atom is 0.335 e. The molecule has 1 saturated heterocycles. The van der Waals surface area contributed by atoms with E-state index in [0.717, 1.165) is 0 Å². The van der Waals surface area contributed by atoms with Gasteiger partial charge in [0.05, 0.1) is 5.56 Å². The number of hydrogen-bond donors (Lipinski definition) is 2. The number of benzene rings is 1. The molecule has 0 spiro atoms. The highest BCUT2D eigenvalue weighted by molar-refractivity contribution is 5.97. The molecule has 0 bridgehead atoms. The Hall–Kier alpha value is -2.37. The Morgan fingerprint density at radius 2 is 1.78 bits per heavy atom. The van der Waals surface area contributed by atoms with E-state index in [2.05, 4.69) is 5.32 Å². The second-order valence-corrected chi connectivity index (χ2v) is 6.11. The van der Waals surface area contributed by atoms with E-state index in [-0.39, 0.29) is 29.3 Å². The fourth-order valence-corrected chi connectivity index (χ4v) is 2.67. The van der Waals surface area contributed by atoms with Crippen molar-refractivity contribution in [2.24, 2.45) is 5.92 Å². The molecular formula is C17H22N2O4. The lowest BCUT2D eigenvalue weighted by atomic mass is 10.0. The third-order valence-corrected chi connectivity index (χ3v) is 4.01. The molecule has 1 heterocycles. The van der Waals surface area contributed by atoms with Crippen LogP contribution in [0.4, 0.5) is 0 Å². The van der Waals surface area contributed by atoms with E-state index in [0.29, 0.717) is 31.5 Å². The minimum Gasteiger partial charge on any atom is -0.478 e. The highest BCUT2D eigenvalue weighted by atomic mass is 16.4. The fourth-order valence-electron chi connectivity index (χ4n) is 2.67. The average Bonchev–Trinajstić information content (AvgIpc) is 2.54. The Morgan fingerprint density at radius 1 is 1.17 bits per heavy atom. The van der Waals surface area contributed by atoms with E-state index in [4.69, 9.17) is 5.11 Å². The third kappa shape index (κ3) is 4.31. The second-order valence-electron chi connectivity index (χ2n) is 6.11. The summed E-state index contributed by atoms with van der Waals surface area (Å²) in [5.41, 5.74) is 0.431. The van der Waals surface area contributed by atoms with Gasteiger partial charge in [-0.25, -0.2) is 4.79 Å². The maximum absolute atomic E-state index is 12.2. The monoisotopic (exact) mass is 318 g/mol. The molecule has 2 N–H and O–H groups in total. The highest BCUT2D eigenvalue weighted by Crippen LogP contribution is 2.14. The molecular weight excluding hydrogens is 296 g/mol. The van der Waals surface area contributed by atoms with E-state index in [9.17, 15) is 14.4 Å². The SMILES string of the molecule is CC(C)C(=O)N1CCC(NC(=O)c2cccc(C(=O)O)c2)CC1. The van der Waals surface area contributed by atoms with E-state index in [1.54, 1.807) is 12.1 Å². The van der Waals surface area contributed by atoms with E-state index in [1.165, 1.54) is 12.1 Å². The molecule has 2 rings (SSSR count). The summed E-state index contributed by atoms with van der Waals surface area (Å²) in [7, 11) is 0. The summed E-state index contributed by atoms with van der Waals surface area (Å²) in [6.07, 6.45) is 1.42. The van der Waals surface area contributed by atoms with Crippen LogP contribution in [0, 0.1) is 5.92 Å². The topological polar surface area (TPSA) is 86.7 Å². The number of piperidine rings is 1. The molecule has 0 saturated carbocycles. The Kier molecular flexibility index (Phi) is 5.36. The van der Waals surface area contributed by atoms with Crippen molar-refractivity contribution < 1.29 is 19.5 Å². The van der Waals surface area contributed by atoms with E-state index in [1.807, 2.05) is 18.7 Å². The van der Waals surface area contributed by atoms with Gasteiger partial charge in [0.25, 0.3) is 5.91 Å². The van der Waals surface area contributed by atoms with Gasteiger partial charge in [-0.15, -0.1) is 0 Å². The lowest BCUT2D eigenvalue weighted by molar-refractivity contribution is -0.135. The first-order valence-corrected chi connectivity index (χ1v) is 7.81. The number of nitrogens with zero attached hydrogens (tertiary/aromatic N) is 1. The van der Waals surface area contributed by atoms with Crippen molar-refractivity contribution in [1.82, 2.24) is 10.2 Å². The molecule has 124 valence electrons. The molecule has 6 heteroatoms. The van der Waals surface area contributed by atoms with E-state index < -0.39 is 5.97 Å². The van der Waals surface area contributed by atoms with Gasteiger partial charge < -0.3 is 15.3 Å². The molecule has 0 unspecified atom stereocenters. The smallest absolute Gasteiger partial charge is 0.335 e. The number of rotatable bonds is 4. The van der Waals surface area contributed by atoms with Crippen molar-refractivity contribution in [2.75, 3.05) is 13.1 Å². The molecule has 1 aliphatic heterocycles. The van der Waals surface area contributed by atoms with Crippen LogP contribution in [0.5, 0.6) is 0 Å². The van der Waals surface area contributed by atoms with Crippen LogP contribution in [0.2, 0.25) is 0 Å². The van der Waals surface area contributed by atoms with Crippen LogP contribution in [0.15, 0.2) is 24.3 Å². The summed E-state index contributed by atoms with van der Waals surface area (Å²) in [5, 5.41) is 11.9. The molecule has 1 fully saturated rings. The summed E-state index contributed by atoms with van der Waals surface area (Å²) in [6.45, 7) is 5.03. The molecule has 6 nitrogen and oxygen atoms in total. The lowest BCUT2D eigenvalue weighted by Crippen LogP contribution is -2.47. The van der Waals surface area contributed by atoms with Gasteiger partial charge in [0, 0.05) is 30.6 Å². The van der Waals surface area contributed by atoms with Gasteiger partial charge >= 0.3 is 5.97 Å². The number of aromatic carboxylic acids is 1. The predicted octanol–water partition coefficient (Wildman–Crippen LogP) is 1.76. The minimum atomic E-state index is -1.06. The maximum atomic E-state index is 12.2. The van der Waals surface area contributed by atoms with Crippen LogP contribution >= 0.6 is 0 Å². The number of hydrogen-bond acceptors (Lipinski definition) is 3. The van der Waals surface area contributed by atoms with Gasteiger partial charge in [-0.05, 0) is 31.0 Å². The largest absolute Gasteiger partial charge is 0.478 e. The molecule has 0 atom stereocenters. The zero-order chi connectivity index (χ0) is 17.0. The van der Waals surface area contributed by atoms with Crippen LogP contribution in [-0.4, -0.2) is 46.9 Å². The van der Waals surface area contributed by atoms with Crippen LogP contribution in [0.25, 0.3) is 0 Å². The van der Waals surface area contributed by atoms with Crippen molar-refractivity contribution in [3.05, 3.63) is 35.4 Å². The van der Waals surface area contributed by atoms with E-state index >= 15 is 0 Å². The molecule has 1 aromatic rings. The average molecular weight is 318 g/mol. The van der Waals surface area contributed by atoms with Crippen molar-refractivity contribution in [3.63, 3.8) is 0 Å². The zero-order valence-corrected chi connectivity index (χ0v) is 13.4. The first kappa shape index (κ1) is 17.0. The van der Waals surface area contributed by atoms with Crippen molar-refractivity contribution in [3.8, 4) is 0 Å². The van der Waals surface area contributed by atoms with Gasteiger partial charge in [0.1, 0.15) is 0 Å². The zero-order valence-electron chi connectivity index (χ0n) is 13.4. The minimum absolute atomic E-state index is 0.00666. The number of nitrogens with one attached hydrogen (secondary N) is 1. The van der Waals surface area contributed by atoms with Gasteiger partial charge in [-0.1, -0.05) is 19.9 Å². The molecule has 0 aliphatic carbocycles. The number of carboxylic acid groups (broad SMARTS) is 1. The number of carbonyl (C=O) groups excluding carboxylic acids is 2. The van der Waals surface area contributed by atoms with Gasteiger partial charge in [-0.2, -0.15) is 0 Å². The summed E-state index contributed by atoms with van der Waals surface area (Å²) in [4.78, 5) is 36.9. The van der Waals surface area contributed by atoms with Crippen LogP contribution in [-0.2, 0) is 4.79 Å². The van der Waals surface area contributed by atoms with Crippen molar-refractivity contribution >= 4 is 17.8 Å². The van der Waals surface area contributed by atoms with Gasteiger partial charge in [0.15, 0.2) is 0 Å². The standard InChI is InChI=1S/C17H22N2O4/c1-11(2)16(21)19-8-6-14(7-9-19)18-15(20)12-4-3-5-13(10-12)17(22)23/h3-5,10-11,14H,6-9H2,1-2H3,(H,18,20)(H,22,23). The number of carboxylic acids is 1. The summed E-state index contributed by atoms with van der Waals surface area (Å²) in [5.74, 6) is -1.20. The normalized spacial score (nSPS) is 15.5. The Labute approximate surface area is 135 Å². The lowest BCUT2D eigenvalue weighted by Gasteiger charge is -2.33. The Balaban J connectivity index is 1.91. The van der Waals surface area contributed by atoms with Gasteiger partial charge in [-0.3, -0.25) is 9.59 Å². The van der Waals surface area contributed by atoms with Crippen molar-refractivity contribution in [1.29, 1.82) is 0 Å². The molecule has 0 aromatic heterocycles. The Morgan fingerprint density at radius 3 is 2.35 bits per heavy atom. The summed E-state index contributed by atoms with van der Waals surface area (Å²) >= 11 is 0. The second kappa shape index (κ2) is 7.26. The van der Waals surface area contributed by atoms with Crippen LogP contribution < -0.4 is 5.32 Å². The Bertz CT molecular complexity index is 604. The quantitative estimate of drug-likeness (QED) is 0.885. The molecule has 23 heavy (non-hydrogen) atoms. The predicted molar refractivity (Wildman–Crippen MR) is 85.3 cm³/mol. The number of likely N-dealkylation sites (tertiary alicyclic amines) is 1. The summed E-state index contributed by atoms with van der Waals surface area (Å²) < 4.78 is 0. The van der Waals surface area contributed by atoms with Crippen LogP contribution in [0.3, 0.4) is 0 Å². The fraction of sp³-hybridized carbons (Fsp3) is 0.471. The van der Waals surface area contributed by atoms with Gasteiger partial charge in [0.2, 0.25) is 5.91 Å². The molecule has 2 amide bonds. The number of amides is 2. The molecule has 0 radical (unpaired) electrons. The summed E-state index contributed by atoms with van der Waals surface area (Å²) in [6, 6.07) is 5.98. The first-order chi connectivity index (χ1) is 10.9. The first-order valence-electron chi connectivity index (χ1n) is 7.81. The highest BCUT2D eigenvalue weighted by Gasteiger charge is 2.25.